The smallest absolute Gasteiger partial charge is 0.269 e. The van der Waals surface area contributed by atoms with Crippen molar-refractivity contribution in [2.45, 2.75) is 231 Å². The van der Waals surface area contributed by atoms with Crippen LogP contribution >= 0.6 is 0 Å². The van der Waals surface area contributed by atoms with Gasteiger partial charge in [-0.25, -0.2) is 10.1 Å². The topological polar surface area (TPSA) is 301 Å². The Morgan fingerprint density at radius 1 is 0.511 bits per heavy atom. The number of hydrogen-bond donors (Lipinski definition) is 6. The molecule has 0 spiro atoms. The van der Waals surface area contributed by atoms with E-state index in [0.29, 0.717) is 124 Å². The van der Waals surface area contributed by atoms with E-state index >= 15 is 0 Å². The van der Waals surface area contributed by atoms with Crippen molar-refractivity contribution < 1.29 is 68.0 Å². The van der Waals surface area contributed by atoms with Crippen molar-refractivity contribution in [3.05, 3.63) is 72.1 Å². The Kier molecular flexibility index (Phi) is 26.6. The Hall–Kier alpha value is -7.86. The Morgan fingerprint density at radius 3 is 1.25 bits per heavy atom. The first-order valence-corrected chi connectivity index (χ1v) is 33.4. The molecule has 92 heavy (non-hydrogen) atoms. The second-order valence-electron chi connectivity index (χ2n) is 25.1. The van der Waals surface area contributed by atoms with Crippen molar-refractivity contribution in [2.24, 2.45) is 11.8 Å². The number of fused-ring (bicyclic) bond motifs is 4. The molecule has 2 unspecified atom stereocenters. The monoisotopic (exact) mass is 1280 g/mol. The number of unbranched alkanes of at least 4 members (excludes halogenated alkanes) is 4. The summed E-state index contributed by atoms with van der Waals surface area (Å²) in [7, 11) is 3.03. The molecule has 24 nitrogen and oxygen atoms in total. The van der Waals surface area contributed by atoms with Gasteiger partial charge in [-0.3, -0.25) is 58.4 Å². The lowest BCUT2D eigenvalue weighted by molar-refractivity contribution is -0.183. The third kappa shape index (κ3) is 17.4. The maximum Gasteiger partial charge on any atom is 0.269 e. The van der Waals surface area contributed by atoms with E-state index in [4.69, 9.17) is 9.68 Å². The van der Waals surface area contributed by atoms with Gasteiger partial charge in [-0.15, -0.1) is 0 Å². The molecule has 4 saturated heterocycles. The second-order valence-corrected chi connectivity index (χ2v) is 25.1. The molecule has 2 aromatic carbocycles. The summed E-state index contributed by atoms with van der Waals surface area (Å²) in [5.41, 5.74) is 2.81. The number of para-hydroxylation sites is 2. The Labute approximate surface area is 539 Å². The summed E-state index contributed by atoms with van der Waals surface area (Å²) >= 11 is 0. The minimum Gasteiger partial charge on any atom is -0.417 e. The van der Waals surface area contributed by atoms with E-state index in [-0.39, 0.29) is 60.9 Å². The molecule has 4 fully saturated rings. The highest BCUT2D eigenvalue weighted by Gasteiger charge is 2.45. The van der Waals surface area contributed by atoms with Crippen LogP contribution in [0.25, 0.3) is 21.8 Å². The number of aromatic nitrogens is 2. The molecule has 6 heterocycles. The van der Waals surface area contributed by atoms with Gasteiger partial charge in [0.1, 0.15) is 74.1 Å². The zero-order valence-electron chi connectivity index (χ0n) is 55.0. The van der Waals surface area contributed by atoms with Crippen LogP contribution in [0, 0.1) is 11.8 Å². The van der Waals surface area contributed by atoms with Crippen molar-refractivity contribution >= 4 is 80.6 Å². The number of Topliss-reactive ketones (excluding diaryl/α,β-unsaturated/α-hetero) is 2. The maximum atomic E-state index is 14.1. The third-order valence-electron chi connectivity index (χ3n) is 19.0. The van der Waals surface area contributed by atoms with Crippen molar-refractivity contribution in [1.82, 2.24) is 50.7 Å². The lowest BCUT2D eigenvalue weighted by Crippen LogP contribution is -2.64. The molecule has 0 saturated carbocycles. The highest BCUT2D eigenvalue weighted by molar-refractivity contribution is 6.00. The van der Waals surface area contributed by atoms with Crippen LogP contribution in [0.15, 0.2) is 60.9 Å². The molecule has 0 bridgehead atoms. The summed E-state index contributed by atoms with van der Waals surface area (Å²) in [6, 6.07) is 6.33. The quantitative estimate of drug-likeness (QED) is 0.0330. The molecule has 0 radical (unpaired) electrons. The third-order valence-corrected chi connectivity index (χ3v) is 19.0. The van der Waals surface area contributed by atoms with Crippen molar-refractivity contribution in [3.63, 3.8) is 0 Å². The van der Waals surface area contributed by atoms with E-state index in [0.717, 1.165) is 47.5 Å². The number of piperidine rings is 2. The minimum atomic E-state index is -1.40. The van der Waals surface area contributed by atoms with Gasteiger partial charge in [-0.1, -0.05) is 116 Å². The van der Waals surface area contributed by atoms with Crippen LogP contribution in [0.3, 0.4) is 0 Å². The van der Waals surface area contributed by atoms with Crippen LogP contribution in [0.1, 0.15) is 181 Å². The highest BCUT2D eigenvalue weighted by Crippen LogP contribution is 2.29. The molecule has 4 aliphatic heterocycles. The SMILES string of the molecule is CCC(=O)CCCCC[C@@H]1NC(=O)[C@H]2CCCCN2C(=O)[C@H](C(C)CC)NC(=O)[C@@H](Cc2cn(OC)c3ccccc23)N(O)C1=O.CCC(=O)CCCCC[C@@H]1NC(=O)[C@H]2CCCCN2C(=O)[C@H](C(C)CC)NC(=O)[C@H](Cc2cn(OC)c3ccccc23)N(O)C1=O. The molecule has 4 aliphatic rings. The maximum absolute atomic E-state index is 14.1. The van der Waals surface area contributed by atoms with Gasteiger partial charge in [0.25, 0.3) is 11.8 Å². The lowest BCUT2D eigenvalue weighted by atomic mass is 9.93. The van der Waals surface area contributed by atoms with Gasteiger partial charge in [0.2, 0.25) is 35.4 Å². The van der Waals surface area contributed by atoms with Gasteiger partial charge in [0, 0.05) is 74.8 Å². The Bertz CT molecular complexity index is 3020. The first kappa shape index (κ1) is 71.6. The van der Waals surface area contributed by atoms with E-state index < -0.39 is 83.8 Å². The van der Waals surface area contributed by atoms with Gasteiger partial charge in [-0.2, -0.15) is 9.46 Å². The van der Waals surface area contributed by atoms with E-state index in [9.17, 15) is 58.4 Å². The standard InChI is InChI=1S/2C34H49N5O7/c2*1-5-22(3)30-34(44)37-19-13-12-18-28(37)31(41)35-26(16-9-7-8-14-24(40)6-2)33(43)39(45)29(32(42)36-30)20-23-21-38(46-4)27-17-11-10-15-25(23)27/h2*10-11,15,17,21-22,26,28-30,45H,5-9,12-14,16,18-20H2,1-4H3,(H,35,41)(H,36,42)/t22?,26-,28+,29+,30-;22?,26-,28+,29-,30-/m00/s1. The van der Waals surface area contributed by atoms with Crippen LogP contribution in [0.4, 0.5) is 0 Å². The van der Waals surface area contributed by atoms with Gasteiger partial charge in [-0.05, 0) is 99.3 Å². The molecule has 6 N–H and O–H groups in total. The van der Waals surface area contributed by atoms with Gasteiger partial charge in [0.15, 0.2) is 0 Å². The largest absolute Gasteiger partial charge is 0.417 e. The first-order chi connectivity index (χ1) is 44.2. The fourth-order valence-corrected chi connectivity index (χ4v) is 12.9. The Balaban J connectivity index is 0.000000261. The minimum absolute atomic E-state index is 0.0709. The number of carbonyl (C=O) groups excluding carboxylic acids is 10. The van der Waals surface area contributed by atoms with Gasteiger partial charge < -0.3 is 40.7 Å². The van der Waals surface area contributed by atoms with Crippen molar-refractivity contribution in [1.29, 1.82) is 0 Å². The summed E-state index contributed by atoms with van der Waals surface area (Å²) < 4.78 is 3.10. The van der Waals surface area contributed by atoms with E-state index in [1.807, 2.05) is 90.1 Å². The van der Waals surface area contributed by atoms with Crippen LogP contribution in [-0.2, 0) is 60.8 Å². The molecule has 0 aliphatic carbocycles. The molecule has 8 rings (SSSR count). The summed E-state index contributed by atoms with van der Waals surface area (Å²) in [5, 5.41) is 36.9. The van der Waals surface area contributed by atoms with Crippen molar-refractivity contribution in [2.75, 3.05) is 27.3 Å². The summed E-state index contributed by atoms with van der Waals surface area (Å²) in [4.78, 5) is 149. The van der Waals surface area contributed by atoms with Gasteiger partial charge in [0.05, 0.1) is 11.0 Å². The average molecular weight is 1280 g/mol. The van der Waals surface area contributed by atoms with Crippen LogP contribution in [-0.4, -0.2) is 174 Å². The lowest BCUT2D eigenvalue weighted by Gasteiger charge is -2.40. The van der Waals surface area contributed by atoms with E-state index in [1.54, 1.807) is 31.7 Å². The molecule has 504 valence electrons. The number of hydroxylamine groups is 4. The number of carbonyl (C=O) groups is 10. The first-order valence-electron chi connectivity index (χ1n) is 33.4. The number of rotatable bonds is 24. The number of amides is 8. The summed E-state index contributed by atoms with van der Waals surface area (Å²) in [6.45, 7) is 11.9. The van der Waals surface area contributed by atoms with E-state index in [1.165, 1.54) is 14.2 Å². The zero-order valence-corrected chi connectivity index (χ0v) is 55.0. The van der Waals surface area contributed by atoms with E-state index in [2.05, 4.69) is 21.3 Å². The highest BCUT2D eigenvalue weighted by atomic mass is 16.6. The molecule has 24 heteroatoms. The fraction of sp³-hybridized carbons (Fsp3) is 0.618. The number of hydrogen-bond acceptors (Lipinski definition) is 14. The number of nitrogens with one attached hydrogen (secondary N) is 4. The molecular weight excluding hydrogens is 1180 g/mol. The fourth-order valence-electron chi connectivity index (χ4n) is 12.9. The molecular formula is C68H98N10O14. The second kappa shape index (κ2) is 34.2. The summed E-state index contributed by atoms with van der Waals surface area (Å²) in [5.74, 6) is -4.72. The number of benzene rings is 2. The average Bonchev–Trinajstić information content (AvgIpc) is 1.48. The molecule has 10 atom stereocenters. The van der Waals surface area contributed by atoms with Gasteiger partial charge >= 0.3 is 0 Å². The zero-order chi connectivity index (χ0) is 66.8. The predicted octanol–water partition coefficient (Wildman–Crippen LogP) is 6.34. The van der Waals surface area contributed by atoms with Crippen LogP contribution in [0.2, 0.25) is 0 Å². The van der Waals surface area contributed by atoms with Crippen molar-refractivity contribution in [3.8, 4) is 0 Å². The predicted molar refractivity (Wildman–Crippen MR) is 343 cm³/mol. The van der Waals surface area contributed by atoms with Crippen LogP contribution in [0.5, 0.6) is 0 Å². The number of ketones is 2. The molecule has 8 amide bonds. The normalized spacial score (nSPS) is 23.7. The Morgan fingerprint density at radius 2 is 0.891 bits per heavy atom. The van der Waals surface area contributed by atoms with Crippen LogP contribution < -0.4 is 30.9 Å². The molecule has 4 aromatic rings. The number of nitrogens with zero attached hydrogens (tertiary/aromatic N) is 6. The molecule has 2 aromatic heterocycles. The summed E-state index contributed by atoms with van der Waals surface area (Å²) in [6.07, 6.45) is 14.2.